The van der Waals surface area contributed by atoms with Crippen LogP contribution in [0.25, 0.3) is 11.5 Å². The van der Waals surface area contributed by atoms with Gasteiger partial charge in [-0.2, -0.15) is 11.3 Å². The maximum Gasteiger partial charge on any atom is 0.276 e. The number of thiophene rings is 1. The van der Waals surface area contributed by atoms with Gasteiger partial charge in [-0.25, -0.2) is 4.98 Å². The standard InChI is InChI=1S/C23H25N3O4S/c27-13-19-3-1-2-9-26(19)23(29)20-14-30-22(25-20)18-6-4-16(5-7-18)12-24-21(28)11-17-8-10-31-15-17/h4-8,10,14-15,19,27H,1-3,9,11-13H2,(H,24,28). The van der Waals surface area contributed by atoms with E-state index in [1.165, 1.54) is 6.26 Å². The van der Waals surface area contributed by atoms with Gasteiger partial charge in [-0.1, -0.05) is 12.1 Å². The van der Waals surface area contributed by atoms with Gasteiger partial charge in [0.05, 0.1) is 19.1 Å². The second kappa shape index (κ2) is 9.89. The predicted molar refractivity (Wildman–Crippen MR) is 118 cm³/mol. The average molecular weight is 440 g/mol. The number of aliphatic hydroxyl groups excluding tert-OH is 1. The fourth-order valence-corrected chi connectivity index (χ4v) is 4.38. The van der Waals surface area contributed by atoms with Gasteiger partial charge in [-0.3, -0.25) is 9.59 Å². The van der Waals surface area contributed by atoms with Crippen LogP contribution in [-0.4, -0.2) is 46.0 Å². The van der Waals surface area contributed by atoms with Crippen molar-refractivity contribution in [1.82, 2.24) is 15.2 Å². The lowest BCUT2D eigenvalue weighted by Gasteiger charge is -2.33. The highest BCUT2D eigenvalue weighted by atomic mass is 32.1. The van der Waals surface area contributed by atoms with Crippen molar-refractivity contribution < 1.29 is 19.1 Å². The van der Waals surface area contributed by atoms with Crippen LogP contribution in [0.3, 0.4) is 0 Å². The van der Waals surface area contributed by atoms with E-state index in [1.54, 1.807) is 16.2 Å². The van der Waals surface area contributed by atoms with Crippen LogP contribution >= 0.6 is 11.3 Å². The van der Waals surface area contributed by atoms with Gasteiger partial charge < -0.3 is 19.7 Å². The number of rotatable bonds is 7. The second-order valence-electron chi connectivity index (χ2n) is 7.65. The van der Waals surface area contributed by atoms with Crippen LogP contribution in [0, 0.1) is 0 Å². The number of carbonyl (C=O) groups excluding carboxylic acids is 2. The summed E-state index contributed by atoms with van der Waals surface area (Å²) in [5.41, 5.74) is 2.98. The molecule has 0 aliphatic carbocycles. The summed E-state index contributed by atoms with van der Waals surface area (Å²) in [6, 6.07) is 9.31. The number of aromatic nitrogens is 1. The molecule has 1 aliphatic heterocycles. The van der Waals surface area contributed by atoms with Gasteiger partial charge in [0.15, 0.2) is 5.69 Å². The van der Waals surface area contributed by atoms with Crippen LogP contribution in [0.2, 0.25) is 0 Å². The van der Waals surface area contributed by atoms with E-state index in [9.17, 15) is 14.7 Å². The molecule has 7 nitrogen and oxygen atoms in total. The molecule has 162 valence electrons. The van der Waals surface area contributed by atoms with Crippen LogP contribution in [0.4, 0.5) is 0 Å². The Hall–Kier alpha value is -2.97. The van der Waals surface area contributed by atoms with E-state index in [4.69, 9.17) is 4.42 Å². The molecule has 1 unspecified atom stereocenters. The summed E-state index contributed by atoms with van der Waals surface area (Å²) in [5.74, 6) is 0.143. The first kappa shape index (κ1) is 21.3. The number of aliphatic hydroxyl groups is 1. The van der Waals surface area contributed by atoms with E-state index in [0.29, 0.717) is 25.4 Å². The first-order chi connectivity index (χ1) is 15.1. The second-order valence-corrected chi connectivity index (χ2v) is 8.43. The number of carbonyl (C=O) groups is 2. The minimum absolute atomic E-state index is 0.0165. The summed E-state index contributed by atoms with van der Waals surface area (Å²) < 4.78 is 5.54. The van der Waals surface area contributed by atoms with Crippen molar-refractivity contribution in [2.24, 2.45) is 0 Å². The Morgan fingerprint density at radius 3 is 2.77 bits per heavy atom. The zero-order chi connectivity index (χ0) is 21.6. The monoisotopic (exact) mass is 439 g/mol. The molecule has 1 fully saturated rings. The summed E-state index contributed by atoms with van der Waals surface area (Å²) in [4.78, 5) is 30.9. The molecule has 1 saturated heterocycles. The van der Waals surface area contributed by atoms with E-state index < -0.39 is 0 Å². The van der Waals surface area contributed by atoms with Crippen LogP contribution in [0.1, 0.15) is 40.9 Å². The number of piperidine rings is 1. The largest absolute Gasteiger partial charge is 0.444 e. The van der Waals surface area contributed by atoms with Crippen LogP contribution in [0.15, 0.2) is 51.8 Å². The molecule has 2 N–H and O–H groups in total. The Morgan fingerprint density at radius 1 is 1.19 bits per heavy atom. The number of oxazole rings is 1. The SMILES string of the molecule is O=C(Cc1ccsc1)NCc1ccc(-c2nc(C(=O)N3CCCCC3CO)co2)cc1. The number of likely N-dealkylation sites (tertiary alicyclic amines) is 1. The zero-order valence-corrected chi connectivity index (χ0v) is 17.9. The van der Waals surface area contributed by atoms with E-state index >= 15 is 0 Å². The number of hydrogen-bond donors (Lipinski definition) is 2. The molecular formula is C23H25N3O4S. The normalized spacial score (nSPS) is 16.3. The van der Waals surface area contributed by atoms with Crippen molar-refractivity contribution in [3.05, 3.63) is 64.2 Å². The molecule has 2 aromatic heterocycles. The van der Waals surface area contributed by atoms with Crippen molar-refractivity contribution in [3.8, 4) is 11.5 Å². The van der Waals surface area contributed by atoms with Gasteiger partial charge in [0.25, 0.3) is 5.91 Å². The lowest BCUT2D eigenvalue weighted by Crippen LogP contribution is -2.45. The smallest absolute Gasteiger partial charge is 0.276 e. The highest BCUT2D eigenvalue weighted by molar-refractivity contribution is 7.08. The molecule has 0 saturated carbocycles. The quantitative estimate of drug-likeness (QED) is 0.589. The highest BCUT2D eigenvalue weighted by Gasteiger charge is 2.28. The summed E-state index contributed by atoms with van der Waals surface area (Å²) in [7, 11) is 0. The molecule has 0 spiro atoms. The van der Waals surface area contributed by atoms with Gasteiger partial charge in [-0.15, -0.1) is 0 Å². The van der Waals surface area contributed by atoms with Gasteiger partial charge in [-0.05, 0) is 59.3 Å². The maximum absolute atomic E-state index is 12.8. The Morgan fingerprint density at radius 2 is 2.03 bits per heavy atom. The van der Waals surface area contributed by atoms with Gasteiger partial charge in [0.2, 0.25) is 11.8 Å². The summed E-state index contributed by atoms with van der Waals surface area (Å²) >= 11 is 1.58. The van der Waals surface area contributed by atoms with E-state index in [1.807, 2.05) is 41.1 Å². The molecule has 0 radical (unpaired) electrons. The number of amides is 2. The first-order valence-electron chi connectivity index (χ1n) is 10.4. The lowest BCUT2D eigenvalue weighted by atomic mass is 10.0. The Labute approximate surface area is 184 Å². The topological polar surface area (TPSA) is 95.7 Å². The van der Waals surface area contributed by atoms with Gasteiger partial charge in [0.1, 0.15) is 6.26 Å². The molecule has 1 atom stereocenters. The third kappa shape index (κ3) is 5.21. The Balaban J connectivity index is 1.35. The minimum Gasteiger partial charge on any atom is -0.444 e. The molecule has 31 heavy (non-hydrogen) atoms. The molecule has 1 aliphatic rings. The van der Waals surface area contributed by atoms with E-state index in [0.717, 1.165) is 36.0 Å². The molecule has 2 amide bonds. The Kier molecular flexibility index (Phi) is 6.79. The first-order valence-corrected chi connectivity index (χ1v) is 11.3. The van der Waals surface area contributed by atoms with Gasteiger partial charge >= 0.3 is 0 Å². The van der Waals surface area contributed by atoms with Gasteiger partial charge in [0, 0.05) is 18.7 Å². The molecule has 8 heteroatoms. The highest BCUT2D eigenvalue weighted by Crippen LogP contribution is 2.23. The predicted octanol–water partition coefficient (Wildman–Crippen LogP) is 3.25. The fourth-order valence-electron chi connectivity index (χ4n) is 3.72. The van der Waals surface area contributed by atoms with Crippen molar-refractivity contribution >= 4 is 23.2 Å². The Bertz CT molecular complexity index is 1010. The summed E-state index contributed by atoms with van der Waals surface area (Å²) in [6.07, 6.45) is 4.50. The summed E-state index contributed by atoms with van der Waals surface area (Å²) in [6.45, 7) is 1.02. The van der Waals surface area contributed by atoms with Crippen LogP contribution in [0.5, 0.6) is 0 Å². The minimum atomic E-state index is -0.210. The molecule has 4 rings (SSSR count). The third-order valence-electron chi connectivity index (χ3n) is 5.46. The lowest BCUT2D eigenvalue weighted by molar-refractivity contribution is -0.120. The number of nitrogens with one attached hydrogen (secondary N) is 1. The van der Waals surface area contributed by atoms with Crippen molar-refractivity contribution in [2.45, 2.75) is 38.3 Å². The fraction of sp³-hybridized carbons (Fsp3) is 0.348. The number of hydrogen-bond acceptors (Lipinski definition) is 6. The summed E-state index contributed by atoms with van der Waals surface area (Å²) in [5, 5.41) is 16.4. The number of nitrogens with zero attached hydrogens (tertiary/aromatic N) is 2. The average Bonchev–Trinajstić information content (AvgIpc) is 3.50. The van der Waals surface area contributed by atoms with Crippen LogP contribution in [-0.2, 0) is 17.8 Å². The van der Waals surface area contributed by atoms with Crippen molar-refractivity contribution in [3.63, 3.8) is 0 Å². The molecule has 0 bridgehead atoms. The molecule has 1 aromatic carbocycles. The van der Waals surface area contributed by atoms with Crippen molar-refractivity contribution in [2.75, 3.05) is 13.2 Å². The van der Waals surface area contributed by atoms with E-state index in [-0.39, 0.29) is 30.2 Å². The van der Waals surface area contributed by atoms with Crippen LogP contribution < -0.4 is 5.32 Å². The van der Waals surface area contributed by atoms with E-state index in [2.05, 4.69) is 10.3 Å². The molecular weight excluding hydrogens is 414 g/mol. The van der Waals surface area contributed by atoms with Crippen molar-refractivity contribution in [1.29, 1.82) is 0 Å². The number of benzene rings is 1. The molecule has 3 aromatic rings. The molecule has 3 heterocycles. The third-order valence-corrected chi connectivity index (χ3v) is 6.19. The maximum atomic E-state index is 12.8. The zero-order valence-electron chi connectivity index (χ0n) is 17.1.